The van der Waals surface area contributed by atoms with Crippen molar-refractivity contribution >= 4 is 15.9 Å². The van der Waals surface area contributed by atoms with Gasteiger partial charge in [-0.2, -0.15) is 0 Å². The molecule has 0 heterocycles. The highest BCUT2D eigenvalue weighted by atomic mass is 32.2. The number of ether oxygens (including phenoxy) is 1. The minimum absolute atomic E-state index is 0.159. The molecule has 0 radical (unpaired) electrons. The number of hydrogen-bond acceptors (Lipinski definition) is 4. The Hall–Kier alpha value is -2.38. The van der Waals surface area contributed by atoms with E-state index in [1.807, 2.05) is 19.9 Å². The summed E-state index contributed by atoms with van der Waals surface area (Å²) < 4.78 is 31.1. The number of amides is 1. The summed E-state index contributed by atoms with van der Waals surface area (Å²) in [6, 6.07) is 10.1. The van der Waals surface area contributed by atoms with Gasteiger partial charge in [0, 0.05) is 26.2 Å². The Morgan fingerprint density at radius 3 is 2.32 bits per heavy atom. The highest BCUT2D eigenvalue weighted by molar-refractivity contribution is 7.89. The zero-order valence-electron chi connectivity index (χ0n) is 17.1. The molecule has 0 aliphatic heterocycles. The molecule has 2 rings (SSSR count). The van der Waals surface area contributed by atoms with E-state index in [-0.39, 0.29) is 10.8 Å². The molecule has 1 amide bonds. The molecule has 0 spiro atoms. The highest BCUT2D eigenvalue weighted by Gasteiger charge is 2.17. The Labute approximate surface area is 167 Å². The van der Waals surface area contributed by atoms with Crippen molar-refractivity contribution in [2.24, 2.45) is 0 Å². The molecule has 0 unspecified atom stereocenters. The number of hydrogen-bond donors (Lipinski definition) is 1. The molecule has 0 aromatic heterocycles. The Morgan fingerprint density at radius 1 is 1.07 bits per heavy atom. The van der Waals surface area contributed by atoms with Gasteiger partial charge in [-0.3, -0.25) is 4.79 Å². The summed E-state index contributed by atoms with van der Waals surface area (Å²) in [5, 5.41) is 2.82. The maximum absolute atomic E-state index is 12.2. The van der Waals surface area contributed by atoms with Crippen LogP contribution in [0, 0.1) is 20.8 Å². The van der Waals surface area contributed by atoms with Gasteiger partial charge in [-0.25, -0.2) is 12.7 Å². The summed E-state index contributed by atoms with van der Waals surface area (Å²) in [5.41, 5.74) is 3.90. The second-order valence-corrected chi connectivity index (χ2v) is 9.13. The summed E-state index contributed by atoms with van der Waals surface area (Å²) >= 11 is 0. The summed E-state index contributed by atoms with van der Waals surface area (Å²) in [7, 11) is -0.555. The van der Waals surface area contributed by atoms with Crippen molar-refractivity contribution < 1.29 is 17.9 Å². The number of nitrogens with zero attached hydrogens (tertiary/aromatic N) is 1. The lowest BCUT2D eigenvalue weighted by molar-refractivity contribution is 0.0951. The predicted molar refractivity (Wildman–Crippen MR) is 110 cm³/mol. The van der Waals surface area contributed by atoms with Crippen LogP contribution in [0.5, 0.6) is 5.75 Å². The molecule has 2 aromatic carbocycles. The van der Waals surface area contributed by atoms with Gasteiger partial charge in [0.25, 0.3) is 5.91 Å². The molecule has 0 atom stereocenters. The fourth-order valence-corrected chi connectivity index (χ4v) is 3.60. The van der Waals surface area contributed by atoms with Crippen molar-refractivity contribution in [3.05, 3.63) is 58.7 Å². The first-order valence-corrected chi connectivity index (χ1v) is 10.6. The topological polar surface area (TPSA) is 75.7 Å². The molecule has 0 aliphatic rings. The van der Waals surface area contributed by atoms with Crippen molar-refractivity contribution in [2.45, 2.75) is 32.1 Å². The zero-order chi connectivity index (χ0) is 20.9. The molecule has 2 aromatic rings. The van der Waals surface area contributed by atoms with Gasteiger partial charge in [0.1, 0.15) is 5.75 Å². The molecule has 0 saturated heterocycles. The molecule has 1 N–H and O–H groups in total. The van der Waals surface area contributed by atoms with E-state index in [1.165, 1.54) is 43.9 Å². The van der Waals surface area contributed by atoms with Gasteiger partial charge in [-0.05, 0) is 74.2 Å². The Morgan fingerprint density at radius 2 is 1.71 bits per heavy atom. The fourth-order valence-electron chi connectivity index (χ4n) is 2.70. The van der Waals surface area contributed by atoms with Crippen LogP contribution >= 0.6 is 0 Å². The van der Waals surface area contributed by atoms with Crippen LogP contribution in [0.15, 0.2) is 41.3 Å². The number of carbonyl (C=O) groups excluding carboxylic acids is 1. The minimum Gasteiger partial charge on any atom is -0.493 e. The van der Waals surface area contributed by atoms with Crippen LogP contribution in [0.2, 0.25) is 0 Å². The van der Waals surface area contributed by atoms with E-state index in [0.717, 1.165) is 21.2 Å². The van der Waals surface area contributed by atoms with Crippen molar-refractivity contribution in [3.8, 4) is 5.75 Å². The number of rotatable bonds is 8. The summed E-state index contributed by atoms with van der Waals surface area (Å²) in [4.78, 5) is 12.4. The van der Waals surface area contributed by atoms with Gasteiger partial charge in [0.05, 0.1) is 11.5 Å². The first kappa shape index (κ1) is 21.9. The molecule has 0 bridgehead atoms. The molecule has 0 aliphatic carbocycles. The summed E-state index contributed by atoms with van der Waals surface area (Å²) in [6.07, 6.45) is 0.672. The number of nitrogens with one attached hydrogen (secondary N) is 1. The van der Waals surface area contributed by atoms with Crippen LogP contribution in [0.25, 0.3) is 0 Å². The quantitative estimate of drug-likeness (QED) is 0.686. The lowest BCUT2D eigenvalue weighted by Gasteiger charge is -2.13. The third-order valence-corrected chi connectivity index (χ3v) is 6.35. The van der Waals surface area contributed by atoms with Crippen molar-refractivity contribution in [1.29, 1.82) is 0 Å². The van der Waals surface area contributed by atoms with Crippen LogP contribution in [-0.4, -0.2) is 45.9 Å². The monoisotopic (exact) mass is 404 g/mol. The second-order valence-electron chi connectivity index (χ2n) is 6.97. The maximum atomic E-state index is 12.2. The molecule has 0 saturated carbocycles. The van der Waals surface area contributed by atoms with E-state index in [4.69, 9.17) is 4.74 Å². The van der Waals surface area contributed by atoms with Gasteiger partial charge >= 0.3 is 0 Å². The Kier molecular flexibility index (Phi) is 7.21. The average molecular weight is 405 g/mol. The van der Waals surface area contributed by atoms with Crippen molar-refractivity contribution in [2.75, 3.05) is 27.2 Å². The Bertz CT molecular complexity index is 936. The number of aryl methyl sites for hydroxylation is 2. The summed E-state index contributed by atoms with van der Waals surface area (Å²) in [6.45, 7) is 7.11. The molecule has 152 valence electrons. The van der Waals surface area contributed by atoms with E-state index in [2.05, 4.69) is 18.3 Å². The van der Waals surface area contributed by atoms with Gasteiger partial charge in [0.15, 0.2) is 0 Å². The predicted octanol–water partition coefficient (Wildman–Crippen LogP) is 3.06. The second kappa shape index (κ2) is 9.21. The molecule has 28 heavy (non-hydrogen) atoms. The third kappa shape index (κ3) is 5.33. The van der Waals surface area contributed by atoms with Crippen LogP contribution in [0.3, 0.4) is 0 Å². The highest BCUT2D eigenvalue weighted by Crippen LogP contribution is 2.23. The van der Waals surface area contributed by atoms with Crippen molar-refractivity contribution in [1.82, 2.24) is 9.62 Å². The van der Waals surface area contributed by atoms with Crippen LogP contribution in [0.4, 0.5) is 0 Å². The molecular weight excluding hydrogens is 376 g/mol. The third-order valence-electron chi connectivity index (χ3n) is 4.52. The molecule has 0 fully saturated rings. The molecular formula is C21H28N2O4S. The van der Waals surface area contributed by atoms with Crippen LogP contribution < -0.4 is 10.1 Å². The Balaban J connectivity index is 1.83. The van der Waals surface area contributed by atoms with Crippen LogP contribution in [-0.2, 0) is 10.0 Å². The van der Waals surface area contributed by atoms with E-state index in [9.17, 15) is 13.2 Å². The SMILES string of the molecule is Cc1cc(C)c(C)c(OCCCNC(=O)c2ccc(S(=O)(=O)N(C)C)cc2)c1. The summed E-state index contributed by atoms with van der Waals surface area (Å²) in [5.74, 6) is 0.637. The van der Waals surface area contributed by atoms with E-state index < -0.39 is 10.0 Å². The normalized spacial score (nSPS) is 11.5. The van der Waals surface area contributed by atoms with E-state index in [0.29, 0.717) is 25.1 Å². The number of benzene rings is 2. The number of sulfonamides is 1. The van der Waals surface area contributed by atoms with Gasteiger partial charge in [0.2, 0.25) is 10.0 Å². The lowest BCUT2D eigenvalue weighted by atomic mass is 10.1. The van der Waals surface area contributed by atoms with Crippen LogP contribution in [0.1, 0.15) is 33.5 Å². The van der Waals surface area contributed by atoms with E-state index in [1.54, 1.807) is 0 Å². The number of carbonyl (C=O) groups is 1. The first-order chi connectivity index (χ1) is 13.1. The van der Waals surface area contributed by atoms with Crippen molar-refractivity contribution in [3.63, 3.8) is 0 Å². The lowest BCUT2D eigenvalue weighted by Crippen LogP contribution is -2.26. The largest absolute Gasteiger partial charge is 0.493 e. The fraction of sp³-hybridized carbons (Fsp3) is 0.381. The standard InChI is InChI=1S/C21H28N2O4S/c1-15-13-16(2)17(3)20(14-15)27-12-6-11-22-21(24)18-7-9-19(10-8-18)28(25,26)23(4)5/h7-10,13-14H,6,11-12H2,1-5H3,(H,22,24). The van der Waals surface area contributed by atoms with E-state index >= 15 is 0 Å². The average Bonchev–Trinajstić information content (AvgIpc) is 2.64. The first-order valence-electron chi connectivity index (χ1n) is 9.14. The smallest absolute Gasteiger partial charge is 0.251 e. The van der Waals surface area contributed by atoms with Gasteiger partial charge < -0.3 is 10.1 Å². The minimum atomic E-state index is -3.49. The molecule has 6 nitrogen and oxygen atoms in total. The zero-order valence-corrected chi connectivity index (χ0v) is 17.9. The van der Waals surface area contributed by atoms with Gasteiger partial charge in [-0.15, -0.1) is 0 Å². The molecule has 7 heteroatoms. The maximum Gasteiger partial charge on any atom is 0.251 e. The van der Waals surface area contributed by atoms with Gasteiger partial charge in [-0.1, -0.05) is 6.07 Å².